The van der Waals surface area contributed by atoms with Gasteiger partial charge in [-0.25, -0.2) is 13.1 Å². The largest absolute Gasteiger partial charge is 0.242 e. The Morgan fingerprint density at radius 3 is 2.53 bits per heavy atom. The van der Waals surface area contributed by atoms with E-state index in [9.17, 15) is 8.42 Å². The molecule has 17 heavy (non-hydrogen) atoms. The minimum atomic E-state index is -3.50. The second kappa shape index (κ2) is 5.14. The lowest BCUT2D eigenvalue weighted by molar-refractivity contribution is 0.324. The molecule has 0 aliphatic heterocycles. The highest BCUT2D eigenvalue weighted by Gasteiger charge is 2.28. The van der Waals surface area contributed by atoms with Crippen LogP contribution in [-0.4, -0.2) is 20.3 Å². The van der Waals surface area contributed by atoms with Crippen LogP contribution in [0.1, 0.15) is 12.8 Å². The van der Waals surface area contributed by atoms with Crippen LogP contribution in [0.2, 0.25) is 5.02 Å². The Bertz CT molecular complexity index is 498. The van der Waals surface area contributed by atoms with Crippen molar-refractivity contribution in [1.82, 2.24) is 4.72 Å². The quantitative estimate of drug-likeness (QED) is 0.868. The van der Waals surface area contributed by atoms with E-state index in [-0.39, 0.29) is 15.3 Å². The highest BCUT2D eigenvalue weighted by molar-refractivity contribution is 7.89. The molecule has 1 aliphatic rings. The van der Waals surface area contributed by atoms with E-state index in [0.29, 0.717) is 12.5 Å². The lowest BCUT2D eigenvalue weighted by Gasteiger charge is -2.30. The summed E-state index contributed by atoms with van der Waals surface area (Å²) in [6.07, 6.45) is 1.74. The molecule has 0 atom stereocenters. The first-order chi connectivity index (χ1) is 7.99. The van der Waals surface area contributed by atoms with Crippen molar-refractivity contribution in [2.24, 2.45) is 5.92 Å². The lowest BCUT2D eigenvalue weighted by Crippen LogP contribution is -2.36. The smallest absolute Gasteiger partial charge is 0.211 e. The number of sulfonamides is 1. The molecule has 1 aromatic rings. The molecule has 0 amide bonds. The van der Waals surface area contributed by atoms with Gasteiger partial charge in [0, 0.05) is 11.9 Å². The fraction of sp³-hybridized carbons (Fsp3) is 0.455. The summed E-state index contributed by atoms with van der Waals surface area (Å²) in [7, 11) is -3.50. The number of hydrogen-bond donors (Lipinski definition) is 1. The van der Waals surface area contributed by atoms with Crippen LogP contribution in [0.25, 0.3) is 0 Å². The van der Waals surface area contributed by atoms with Gasteiger partial charge in [0.15, 0.2) is 0 Å². The van der Waals surface area contributed by atoms with Crippen LogP contribution in [0, 0.1) is 5.92 Å². The molecule has 0 saturated heterocycles. The maximum Gasteiger partial charge on any atom is 0.242 e. The van der Waals surface area contributed by atoms with Crippen LogP contribution in [0.4, 0.5) is 0 Å². The van der Waals surface area contributed by atoms with E-state index in [0.717, 1.165) is 12.8 Å². The first kappa shape index (κ1) is 13.1. The summed E-state index contributed by atoms with van der Waals surface area (Å²) >= 11 is 11.7. The van der Waals surface area contributed by atoms with Crippen LogP contribution >= 0.6 is 23.2 Å². The minimum Gasteiger partial charge on any atom is -0.211 e. The number of benzene rings is 1. The maximum atomic E-state index is 12.0. The summed E-state index contributed by atoms with van der Waals surface area (Å²) in [6, 6.07) is 6.41. The topological polar surface area (TPSA) is 46.2 Å². The Labute approximate surface area is 111 Å². The standard InChI is InChI=1S/C11H13Cl2NO2S/c12-9-5-8(6-9)7-14-17(15,16)11-4-2-1-3-10(11)13/h1-4,8-9,14H,5-7H2. The molecular weight excluding hydrogens is 281 g/mol. The van der Waals surface area contributed by atoms with E-state index in [1.165, 1.54) is 6.07 Å². The predicted molar refractivity (Wildman–Crippen MR) is 69.0 cm³/mol. The zero-order chi connectivity index (χ0) is 12.5. The van der Waals surface area contributed by atoms with Gasteiger partial charge in [-0.3, -0.25) is 0 Å². The van der Waals surface area contributed by atoms with Gasteiger partial charge in [0.25, 0.3) is 0 Å². The molecule has 1 aromatic carbocycles. The van der Waals surface area contributed by atoms with Gasteiger partial charge in [0.2, 0.25) is 10.0 Å². The van der Waals surface area contributed by atoms with E-state index in [1.807, 2.05) is 0 Å². The van der Waals surface area contributed by atoms with Gasteiger partial charge in [-0.2, -0.15) is 0 Å². The number of halogens is 2. The summed E-state index contributed by atoms with van der Waals surface area (Å²) in [5, 5.41) is 0.439. The van der Waals surface area contributed by atoms with Crippen molar-refractivity contribution >= 4 is 33.2 Å². The Morgan fingerprint density at radius 2 is 1.94 bits per heavy atom. The summed E-state index contributed by atoms with van der Waals surface area (Å²) in [6.45, 7) is 0.427. The van der Waals surface area contributed by atoms with Gasteiger partial charge in [0.1, 0.15) is 4.90 Å². The molecule has 2 rings (SSSR count). The first-order valence-electron chi connectivity index (χ1n) is 5.37. The van der Waals surface area contributed by atoms with Crippen molar-refractivity contribution in [3.05, 3.63) is 29.3 Å². The Morgan fingerprint density at radius 1 is 1.29 bits per heavy atom. The van der Waals surface area contributed by atoms with E-state index in [1.54, 1.807) is 18.2 Å². The molecule has 94 valence electrons. The Kier molecular flexibility index (Phi) is 3.98. The summed E-state index contributed by atoms with van der Waals surface area (Å²) in [4.78, 5) is 0.128. The number of alkyl halides is 1. The van der Waals surface area contributed by atoms with E-state index >= 15 is 0 Å². The number of hydrogen-bond acceptors (Lipinski definition) is 2. The van der Waals surface area contributed by atoms with Gasteiger partial charge in [-0.15, -0.1) is 11.6 Å². The third-order valence-electron chi connectivity index (χ3n) is 2.87. The zero-order valence-corrected chi connectivity index (χ0v) is 11.4. The van der Waals surface area contributed by atoms with Crippen molar-refractivity contribution < 1.29 is 8.42 Å². The normalized spacial score (nSPS) is 24.4. The molecule has 1 saturated carbocycles. The summed E-state index contributed by atoms with van der Waals surface area (Å²) in [5.41, 5.74) is 0. The molecule has 0 heterocycles. The average molecular weight is 294 g/mol. The average Bonchev–Trinajstić information content (AvgIpc) is 2.23. The molecule has 0 bridgehead atoms. The third-order valence-corrected chi connectivity index (χ3v) is 5.15. The fourth-order valence-corrected chi connectivity index (χ4v) is 3.93. The van der Waals surface area contributed by atoms with Crippen LogP contribution in [0.3, 0.4) is 0 Å². The minimum absolute atomic E-state index is 0.128. The first-order valence-corrected chi connectivity index (χ1v) is 7.67. The van der Waals surface area contributed by atoms with E-state index in [2.05, 4.69) is 4.72 Å². The van der Waals surface area contributed by atoms with Crippen LogP contribution in [0.5, 0.6) is 0 Å². The molecular formula is C11H13Cl2NO2S. The molecule has 0 radical (unpaired) electrons. The SMILES string of the molecule is O=S(=O)(NCC1CC(Cl)C1)c1ccccc1Cl. The molecule has 1 aliphatic carbocycles. The Hall–Kier alpha value is -0.290. The van der Waals surface area contributed by atoms with E-state index < -0.39 is 10.0 Å². The van der Waals surface area contributed by atoms with Gasteiger partial charge < -0.3 is 0 Å². The predicted octanol–water partition coefficient (Wildman–Crippen LogP) is 2.64. The third kappa shape index (κ3) is 3.13. The molecule has 1 N–H and O–H groups in total. The van der Waals surface area contributed by atoms with Gasteiger partial charge in [0.05, 0.1) is 5.02 Å². The lowest BCUT2D eigenvalue weighted by atomic mass is 9.85. The van der Waals surface area contributed by atoms with Gasteiger partial charge in [-0.05, 0) is 30.9 Å². The Balaban J connectivity index is 2.02. The molecule has 6 heteroatoms. The van der Waals surface area contributed by atoms with Crippen LogP contribution < -0.4 is 4.72 Å². The second-order valence-corrected chi connectivity index (χ2v) is 6.98. The molecule has 3 nitrogen and oxygen atoms in total. The molecule has 0 unspecified atom stereocenters. The summed E-state index contributed by atoms with van der Waals surface area (Å²) in [5.74, 6) is 0.342. The fourth-order valence-electron chi connectivity index (χ4n) is 1.79. The zero-order valence-electron chi connectivity index (χ0n) is 9.07. The van der Waals surface area contributed by atoms with Crippen LogP contribution in [-0.2, 0) is 10.0 Å². The highest BCUT2D eigenvalue weighted by atomic mass is 35.5. The second-order valence-electron chi connectivity index (χ2n) is 4.22. The van der Waals surface area contributed by atoms with Crippen molar-refractivity contribution in [2.75, 3.05) is 6.54 Å². The van der Waals surface area contributed by atoms with Crippen molar-refractivity contribution in [3.8, 4) is 0 Å². The highest BCUT2D eigenvalue weighted by Crippen LogP contribution is 2.31. The molecule has 0 spiro atoms. The molecule has 0 aromatic heterocycles. The van der Waals surface area contributed by atoms with Crippen LogP contribution in [0.15, 0.2) is 29.2 Å². The maximum absolute atomic E-state index is 12.0. The molecule has 1 fully saturated rings. The monoisotopic (exact) mass is 293 g/mol. The summed E-state index contributed by atoms with van der Waals surface area (Å²) < 4.78 is 26.5. The van der Waals surface area contributed by atoms with Gasteiger partial charge in [-0.1, -0.05) is 23.7 Å². The van der Waals surface area contributed by atoms with Gasteiger partial charge >= 0.3 is 0 Å². The number of nitrogens with one attached hydrogen (secondary N) is 1. The number of rotatable bonds is 4. The van der Waals surface area contributed by atoms with E-state index in [4.69, 9.17) is 23.2 Å². The van der Waals surface area contributed by atoms with Crippen molar-refractivity contribution in [2.45, 2.75) is 23.1 Å². The van der Waals surface area contributed by atoms with Crippen molar-refractivity contribution in [3.63, 3.8) is 0 Å². The van der Waals surface area contributed by atoms with Crippen molar-refractivity contribution in [1.29, 1.82) is 0 Å².